The van der Waals surface area contributed by atoms with Gasteiger partial charge in [-0.1, -0.05) is 0 Å². The molecule has 0 fully saturated rings. The first kappa shape index (κ1) is 13.4. The van der Waals surface area contributed by atoms with E-state index in [0.717, 1.165) is 6.07 Å². The molecule has 1 aromatic rings. The van der Waals surface area contributed by atoms with E-state index < -0.39 is 10.2 Å². The fraction of sp³-hybridized carbons (Fsp3) is 0.300. The second-order valence-corrected chi connectivity index (χ2v) is 3.53. The maximum Gasteiger partial charge on any atom is 0.293 e. The van der Waals surface area contributed by atoms with E-state index in [2.05, 4.69) is 5.32 Å². The lowest BCUT2D eigenvalue weighted by atomic mass is 10.2. The summed E-state index contributed by atoms with van der Waals surface area (Å²) in [6, 6.07) is 4.02. The Morgan fingerprint density at radius 3 is 2.82 bits per heavy atom. The molecule has 0 aliphatic rings. The number of ether oxygens (including phenoxy) is 1. The van der Waals surface area contributed by atoms with Crippen molar-refractivity contribution in [1.82, 2.24) is 0 Å². The van der Waals surface area contributed by atoms with Gasteiger partial charge in [0.15, 0.2) is 0 Å². The largest absolute Gasteiger partial charge is 0.383 e. The number of methoxy groups -OCH3 is 1. The van der Waals surface area contributed by atoms with Crippen LogP contribution in [-0.2, 0) is 4.74 Å². The zero-order chi connectivity index (χ0) is 12.8. The summed E-state index contributed by atoms with van der Waals surface area (Å²) in [5.41, 5.74) is 0.233. The lowest BCUT2D eigenvalue weighted by molar-refractivity contribution is -0.384. The van der Waals surface area contributed by atoms with E-state index in [9.17, 15) is 14.9 Å². The number of nitro benzene ring substituents is 1. The highest BCUT2D eigenvalue weighted by atomic mass is 35.5. The third kappa shape index (κ3) is 3.69. The van der Waals surface area contributed by atoms with Crippen LogP contribution < -0.4 is 5.32 Å². The standard InChI is InChI=1S/C10H11ClN2O4/c1-17-5-4-12-8-3-2-7(10(11)14)6-9(8)13(15)16/h2-3,6,12H,4-5H2,1H3. The zero-order valence-electron chi connectivity index (χ0n) is 9.10. The predicted octanol–water partition coefficient (Wildman–Crippen LogP) is 2.03. The molecule has 0 spiro atoms. The van der Waals surface area contributed by atoms with E-state index in [0.29, 0.717) is 18.8 Å². The average Bonchev–Trinajstić information content (AvgIpc) is 2.29. The maximum absolute atomic E-state index is 10.9. The van der Waals surface area contributed by atoms with Crippen LogP contribution in [0.1, 0.15) is 10.4 Å². The number of nitrogens with one attached hydrogen (secondary N) is 1. The Labute approximate surface area is 103 Å². The van der Waals surface area contributed by atoms with Crippen LogP contribution in [0.5, 0.6) is 0 Å². The number of nitrogens with zero attached hydrogens (tertiary/aromatic N) is 1. The Bertz CT molecular complexity index is 436. The normalized spacial score (nSPS) is 10.0. The van der Waals surface area contributed by atoms with E-state index in [1.54, 1.807) is 0 Å². The Morgan fingerprint density at radius 1 is 1.59 bits per heavy atom. The van der Waals surface area contributed by atoms with E-state index in [-0.39, 0.29) is 11.3 Å². The van der Waals surface area contributed by atoms with Crippen molar-refractivity contribution in [2.45, 2.75) is 0 Å². The van der Waals surface area contributed by atoms with Gasteiger partial charge in [-0.3, -0.25) is 14.9 Å². The van der Waals surface area contributed by atoms with Crippen molar-refractivity contribution in [3.05, 3.63) is 33.9 Å². The van der Waals surface area contributed by atoms with Crippen LogP contribution >= 0.6 is 11.6 Å². The van der Waals surface area contributed by atoms with Crippen LogP contribution in [0.25, 0.3) is 0 Å². The molecule has 0 amide bonds. The SMILES string of the molecule is COCCNc1ccc(C(=O)Cl)cc1[N+](=O)[O-]. The minimum atomic E-state index is -0.725. The summed E-state index contributed by atoms with van der Waals surface area (Å²) in [5, 5.41) is 12.9. The first-order chi connectivity index (χ1) is 8.06. The quantitative estimate of drug-likeness (QED) is 0.365. The smallest absolute Gasteiger partial charge is 0.293 e. The highest BCUT2D eigenvalue weighted by molar-refractivity contribution is 6.67. The number of anilines is 1. The molecule has 0 heterocycles. The van der Waals surface area contributed by atoms with Crippen LogP contribution in [0, 0.1) is 10.1 Å². The molecule has 0 unspecified atom stereocenters. The zero-order valence-corrected chi connectivity index (χ0v) is 9.86. The highest BCUT2D eigenvalue weighted by Gasteiger charge is 2.16. The van der Waals surface area contributed by atoms with Crippen LogP contribution in [0.2, 0.25) is 0 Å². The predicted molar refractivity (Wildman–Crippen MR) is 63.6 cm³/mol. The topological polar surface area (TPSA) is 81.5 Å². The number of halogens is 1. The molecule has 0 saturated carbocycles. The lowest BCUT2D eigenvalue weighted by Crippen LogP contribution is -2.09. The maximum atomic E-state index is 10.9. The van der Waals surface area contributed by atoms with E-state index in [1.807, 2.05) is 0 Å². The van der Waals surface area contributed by atoms with Crippen LogP contribution in [-0.4, -0.2) is 30.4 Å². The van der Waals surface area contributed by atoms with Crippen molar-refractivity contribution in [3.8, 4) is 0 Å². The Morgan fingerprint density at radius 2 is 2.29 bits per heavy atom. The second kappa shape index (κ2) is 6.17. The van der Waals surface area contributed by atoms with Crippen molar-refractivity contribution in [2.75, 3.05) is 25.6 Å². The molecule has 0 atom stereocenters. The molecular formula is C10H11ClN2O4. The van der Waals surface area contributed by atoms with Gasteiger partial charge in [0.1, 0.15) is 5.69 Å². The first-order valence-electron chi connectivity index (χ1n) is 4.77. The summed E-state index contributed by atoms with van der Waals surface area (Å²) in [7, 11) is 1.53. The number of carbonyl (C=O) groups is 1. The van der Waals surface area contributed by atoms with Gasteiger partial charge in [0.2, 0.25) is 0 Å². The van der Waals surface area contributed by atoms with Crippen molar-refractivity contribution < 1.29 is 14.5 Å². The number of carbonyl (C=O) groups excluding carboxylic acids is 1. The fourth-order valence-electron chi connectivity index (χ4n) is 1.24. The molecule has 92 valence electrons. The van der Waals surface area contributed by atoms with Crippen LogP contribution in [0.4, 0.5) is 11.4 Å². The van der Waals surface area contributed by atoms with Gasteiger partial charge in [-0.05, 0) is 23.7 Å². The molecule has 7 heteroatoms. The summed E-state index contributed by atoms with van der Waals surface area (Å²) < 4.78 is 4.82. The Kier molecular flexibility index (Phi) is 4.86. The van der Waals surface area contributed by atoms with Crippen molar-refractivity contribution in [2.24, 2.45) is 0 Å². The van der Waals surface area contributed by atoms with Crippen molar-refractivity contribution in [3.63, 3.8) is 0 Å². The molecule has 0 saturated heterocycles. The number of hydrogen-bond acceptors (Lipinski definition) is 5. The van der Waals surface area contributed by atoms with Gasteiger partial charge in [0.05, 0.1) is 11.5 Å². The second-order valence-electron chi connectivity index (χ2n) is 3.18. The average molecular weight is 259 g/mol. The minimum absolute atomic E-state index is 0.0932. The Hall–Kier alpha value is -1.66. The van der Waals surface area contributed by atoms with Gasteiger partial charge in [-0.2, -0.15) is 0 Å². The summed E-state index contributed by atoms with van der Waals surface area (Å²) in [4.78, 5) is 21.1. The highest BCUT2D eigenvalue weighted by Crippen LogP contribution is 2.25. The van der Waals surface area contributed by atoms with Gasteiger partial charge in [0, 0.05) is 25.3 Å². The van der Waals surface area contributed by atoms with Gasteiger partial charge in [-0.15, -0.1) is 0 Å². The molecule has 0 radical (unpaired) electrons. The third-order valence-corrected chi connectivity index (χ3v) is 2.26. The Balaban J connectivity index is 2.96. The molecule has 6 nitrogen and oxygen atoms in total. The molecule has 1 aromatic carbocycles. The van der Waals surface area contributed by atoms with Crippen molar-refractivity contribution >= 4 is 28.2 Å². The molecule has 1 rings (SSSR count). The summed E-state index contributed by atoms with van der Waals surface area (Å²) in [5.74, 6) is 0. The van der Waals surface area contributed by atoms with Gasteiger partial charge < -0.3 is 10.1 Å². The molecule has 0 bridgehead atoms. The number of nitro groups is 1. The molecule has 1 N–H and O–H groups in total. The first-order valence-corrected chi connectivity index (χ1v) is 5.15. The van der Waals surface area contributed by atoms with Gasteiger partial charge >= 0.3 is 0 Å². The van der Waals surface area contributed by atoms with E-state index in [4.69, 9.17) is 16.3 Å². The molecule has 0 aliphatic heterocycles. The van der Waals surface area contributed by atoms with E-state index in [1.165, 1.54) is 19.2 Å². The third-order valence-electron chi connectivity index (χ3n) is 2.04. The monoisotopic (exact) mass is 258 g/mol. The summed E-state index contributed by atoms with van der Waals surface area (Å²) >= 11 is 5.26. The van der Waals surface area contributed by atoms with Crippen LogP contribution in [0.3, 0.4) is 0 Å². The minimum Gasteiger partial charge on any atom is -0.383 e. The van der Waals surface area contributed by atoms with Crippen LogP contribution in [0.15, 0.2) is 18.2 Å². The molecule has 0 aromatic heterocycles. The summed E-state index contributed by atoms with van der Waals surface area (Å²) in [6.45, 7) is 0.860. The van der Waals surface area contributed by atoms with Gasteiger partial charge in [0.25, 0.3) is 10.9 Å². The molecular weight excluding hydrogens is 248 g/mol. The van der Waals surface area contributed by atoms with Crippen molar-refractivity contribution in [1.29, 1.82) is 0 Å². The van der Waals surface area contributed by atoms with E-state index >= 15 is 0 Å². The summed E-state index contributed by atoms with van der Waals surface area (Å²) in [6.07, 6.45) is 0. The number of benzene rings is 1. The van der Waals surface area contributed by atoms with Gasteiger partial charge in [-0.25, -0.2) is 0 Å². The number of rotatable bonds is 6. The number of hydrogen-bond donors (Lipinski definition) is 1. The fourth-order valence-corrected chi connectivity index (χ4v) is 1.36. The molecule has 0 aliphatic carbocycles. The molecule has 17 heavy (non-hydrogen) atoms. The lowest BCUT2D eigenvalue weighted by Gasteiger charge is -2.06.